The van der Waals surface area contributed by atoms with Crippen molar-refractivity contribution in [2.45, 2.75) is 45.2 Å². The Bertz CT molecular complexity index is 1510. The van der Waals surface area contributed by atoms with E-state index in [9.17, 15) is 14.4 Å². The van der Waals surface area contributed by atoms with Crippen molar-refractivity contribution >= 4 is 35.5 Å². The SMILES string of the molecule is C=C/C=C(\SC)C(=O)NC[C@H](NC(=O)c1c(C)nc(NCc2ccccc2-c2ccc(C3CC3)cc2)nc1C)C(=O)OC. The predicted octanol–water partition coefficient (Wildman–Crippen LogP) is 5.07. The van der Waals surface area contributed by atoms with Crippen LogP contribution < -0.4 is 16.0 Å². The Balaban J connectivity index is 1.44. The first-order valence-corrected chi connectivity index (χ1v) is 15.3. The standard InChI is InChI=1S/C33H37N5O4S/c1-6-9-28(43-5)30(39)34-19-27(32(41)42-4)38-31(40)29-20(2)36-33(37-21(29)3)35-18-25-10-7-8-11-26(25)24-16-14-23(15-17-24)22-12-13-22/h6-11,14-17,22,27H,1,12-13,18-19H2,2-5H3,(H,34,39)(H,38,40)(H,35,36,37)/b28-9-/t27-/m0/s1. The molecule has 3 aromatic rings. The Labute approximate surface area is 256 Å². The van der Waals surface area contributed by atoms with Gasteiger partial charge in [0.1, 0.15) is 6.04 Å². The van der Waals surface area contributed by atoms with Crippen molar-refractivity contribution in [2.24, 2.45) is 0 Å². The number of benzene rings is 2. The summed E-state index contributed by atoms with van der Waals surface area (Å²) < 4.78 is 4.85. The van der Waals surface area contributed by atoms with Crippen LogP contribution in [0.2, 0.25) is 0 Å². The first-order chi connectivity index (χ1) is 20.7. The number of hydrogen-bond donors (Lipinski definition) is 3. The maximum absolute atomic E-state index is 13.3. The molecule has 1 aliphatic rings. The molecule has 1 heterocycles. The van der Waals surface area contributed by atoms with Crippen molar-refractivity contribution in [3.63, 3.8) is 0 Å². The summed E-state index contributed by atoms with van der Waals surface area (Å²) in [5.41, 5.74) is 5.92. The molecule has 1 saturated carbocycles. The summed E-state index contributed by atoms with van der Waals surface area (Å²) in [6.07, 6.45) is 7.37. The van der Waals surface area contributed by atoms with E-state index in [0.29, 0.717) is 34.7 Å². The summed E-state index contributed by atoms with van der Waals surface area (Å²) in [5, 5.41) is 8.60. The third-order valence-electron chi connectivity index (χ3n) is 7.19. The number of aromatic nitrogens is 2. The van der Waals surface area contributed by atoms with Gasteiger partial charge in [0.25, 0.3) is 11.8 Å². The predicted molar refractivity (Wildman–Crippen MR) is 171 cm³/mol. The van der Waals surface area contributed by atoms with Gasteiger partial charge in [-0.15, -0.1) is 11.8 Å². The van der Waals surface area contributed by atoms with Crippen molar-refractivity contribution < 1.29 is 19.1 Å². The first-order valence-electron chi connectivity index (χ1n) is 14.1. The maximum atomic E-state index is 13.3. The zero-order valence-electron chi connectivity index (χ0n) is 24.9. The van der Waals surface area contributed by atoms with Crippen LogP contribution in [0, 0.1) is 13.8 Å². The van der Waals surface area contributed by atoms with Gasteiger partial charge in [0.2, 0.25) is 5.95 Å². The van der Waals surface area contributed by atoms with E-state index in [1.807, 2.05) is 12.1 Å². The van der Waals surface area contributed by atoms with Crippen LogP contribution in [0.15, 0.2) is 72.2 Å². The van der Waals surface area contributed by atoms with Gasteiger partial charge >= 0.3 is 5.97 Å². The van der Waals surface area contributed by atoms with Crippen LogP contribution in [0.3, 0.4) is 0 Å². The molecule has 0 unspecified atom stereocenters. The number of hydrogen-bond acceptors (Lipinski definition) is 8. The number of aryl methyl sites for hydroxylation is 2. The molecule has 0 spiro atoms. The molecule has 2 amide bonds. The molecule has 0 bridgehead atoms. The molecule has 4 rings (SSSR count). The fourth-order valence-corrected chi connectivity index (χ4v) is 5.29. The Morgan fingerprint density at radius 2 is 1.74 bits per heavy atom. The summed E-state index contributed by atoms with van der Waals surface area (Å²) in [5.74, 6) is -0.524. The lowest BCUT2D eigenvalue weighted by molar-refractivity contribution is -0.142. The lowest BCUT2D eigenvalue weighted by Gasteiger charge is -2.19. The number of amides is 2. The van der Waals surface area contributed by atoms with Gasteiger partial charge in [-0.25, -0.2) is 14.8 Å². The Hall–Kier alpha value is -4.44. The second-order valence-corrected chi connectivity index (χ2v) is 11.1. The highest BCUT2D eigenvalue weighted by Crippen LogP contribution is 2.40. The Morgan fingerprint density at radius 1 is 1.07 bits per heavy atom. The summed E-state index contributed by atoms with van der Waals surface area (Å²) >= 11 is 1.24. The summed E-state index contributed by atoms with van der Waals surface area (Å²) in [7, 11) is 1.22. The largest absolute Gasteiger partial charge is 0.467 e. The molecule has 1 aromatic heterocycles. The number of anilines is 1. The highest BCUT2D eigenvalue weighted by atomic mass is 32.2. The van der Waals surface area contributed by atoms with Crippen molar-refractivity contribution in [1.82, 2.24) is 20.6 Å². The van der Waals surface area contributed by atoms with Gasteiger partial charge in [-0.2, -0.15) is 0 Å². The number of rotatable bonds is 13. The van der Waals surface area contributed by atoms with Crippen molar-refractivity contribution in [3.05, 3.63) is 100 Å². The molecular formula is C33H37N5O4S. The normalized spacial score (nSPS) is 13.5. The van der Waals surface area contributed by atoms with Crippen LogP contribution in [-0.2, 0) is 20.9 Å². The van der Waals surface area contributed by atoms with Crippen molar-refractivity contribution in [2.75, 3.05) is 25.2 Å². The molecule has 0 aliphatic heterocycles. The Morgan fingerprint density at radius 3 is 2.35 bits per heavy atom. The van der Waals surface area contributed by atoms with Gasteiger partial charge in [0.05, 0.1) is 29.0 Å². The number of nitrogens with zero attached hydrogens (tertiary/aromatic N) is 2. The van der Waals surface area contributed by atoms with Crippen LogP contribution in [0.25, 0.3) is 11.1 Å². The zero-order valence-corrected chi connectivity index (χ0v) is 25.7. The first kappa shape index (κ1) is 31.5. The van der Waals surface area contributed by atoms with E-state index in [-0.39, 0.29) is 12.1 Å². The van der Waals surface area contributed by atoms with Crippen molar-refractivity contribution in [3.8, 4) is 11.1 Å². The van der Waals surface area contributed by atoms with Crippen LogP contribution in [0.1, 0.15) is 51.6 Å². The van der Waals surface area contributed by atoms with E-state index in [1.54, 1.807) is 26.2 Å². The summed E-state index contributed by atoms with van der Waals surface area (Å²) in [4.78, 5) is 47.6. The van der Waals surface area contributed by atoms with Gasteiger partial charge in [-0.05, 0) is 67.2 Å². The Kier molecular flexibility index (Phi) is 10.7. The third kappa shape index (κ3) is 8.10. The minimum atomic E-state index is -1.11. The van der Waals surface area contributed by atoms with E-state index < -0.39 is 23.8 Å². The second-order valence-electron chi connectivity index (χ2n) is 10.2. The number of allylic oxidation sites excluding steroid dienone is 2. The number of carbonyl (C=O) groups is 3. The molecule has 0 radical (unpaired) electrons. The lowest BCUT2D eigenvalue weighted by Crippen LogP contribution is -2.49. The quantitative estimate of drug-likeness (QED) is 0.141. The fourth-order valence-electron chi connectivity index (χ4n) is 4.80. The molecule has 224 valence electrons. The maximum Gasteiger partial charge on any atom is 0.330 e. The minimum absolute atomic E-state index is 0.159. The topological polar surface area (TPSA) is 122 Å². The molecule has 3 N–H and O–H groups in total. The van der Waals surface area contributed by atoms with Gasteiger partial charge in [0.15, 0.2) is 0 Å². The smallest absolute Gasteiger partial charge is 0.330 e. The van der Waals surface area contributed by atoms with Crippen LogP contribution >= 0.6 is 11.8 Å². The number of methoxy groups -OCH3 is 1. The molecular weight excluding hydrogens is 562 g/mol. The number of thioether (sulfide) groups is 1. The molecule has 10 heteroatoms. The fraction of sp³-hybridized carbons (Fsp3) is 0.303. The molecule has 2 aromatic carbocycles. The van der Waals surface area contributed by atoms with Gasteiger partial charge in [-0.1, -0.05) is 61.2 Å². The van der Waals surface area contributed by atoms with Crippen LogP contribution in [0.5, 0.6) is 0 Å². The molecule has 0 saturated heterocycles. The summed E-state index contributed by atoms with van der Waals surface area (Å²) in [6.45, 7) is 7.36. The average Bonchev–Trinajstić information content (AvgIpc) is 3.86. The van der Waals surface area contributed by atoms with E-state index in [4.69, 9.17) is 4.74 Å². The molecule has 1 fully saturated rings. The van der Waals surface area contributed by atoms with E-state index in [2.05, 4.69) is 68.9 Å². The third-order valence-corrected chi connectivity index (χ3v) is 7.95. The summed E-state index contributed by atoms with van der Waals surface area (Å²) in [6, 6.07) is 15.9. The van der Waals surface area contributed by atoms with Crippen LogP contribution in [-0.4, -0.2) is 53.7 Å². The number of ether oxygens (including phenoxy) is 1. The van der Waals surface area contributed by atoms with E-state index >= 15 is 0 Å². The van der Waals surface area contributed by atoms with E-state index in [0.717, 1.165) is 16.7 Å². The lowest BCUT2D eigenvalue weighted by atomic mass is 9.98. The van der Waals surface area contributed by atoms with Crippen molar-refractivity contribution in [1.29, 1.82) is 0 Å². The molecule has 43 heavy (non-hydrogen) atoms. The van der Waals surface area contributed by atoms with E-state index in [1.165, 1.54) is 43.4 Å². The highest BCUT2D eigenvalue weighted by molar-refractivity contribution is 8.03. The van der Waals surface area contributed by atoms with Gasteiger partial charge in [0, 0.05) is 13.1 Å². The number of nitrogens with one attached hydrogen (secondary N) is 3. The highest BCUT2D eigenvalue weighted by Gasteiger charge is 2.26. The monoisotopic (exact) mass is 599 g/mol. The van der Waals surface area contributed by atoms with Crippen LogP contribution in [0.4, 0.5) is 5.95 Å². The second kappa shape index (κ2) is 14.6. The zero-order chi connectivity index (χ0) is 30.9. The minimum Gasteiger partial charge on any atom is -0.467 e. The average molecular weight is 600 g/mol. The molecule has 9 nitrogen and oxygen atoms in total. The number of esters is 1. The number of carbonyl (C=O) groups excluding carboxylic acids is 3. The molecule has 1 atom stereocenters. The molecule has 1 aliphatic carbocycles. The van der Waals surface area contributed by atoms with Gasteiger partial charge < -0.3 is 20.7 Å². The van der Waals surface area contributed by atoms with Gasteiger partial charge in [-0.3, -0.25) is 9.59 Å².